The van der Waals surface area contributed by atoms with Crippen molar-refractivity contribution in [2.75, 3.05) is 5.32 Å². The number of carbonyl (C=O) groups excluding carboxylic acids is 1. The number of amides is 1. The van der Waals surface area contributed by atoms with E-state index in [0.29, 0.717) is 17.8 Å². The van der Waals surface area contributed by atoms with Crippen LogP contribution in [-0.2, 0) is 6.42 Å². The summed E-state index contributed by atoms with van der Waals surface area (Å²) < 4.78 is 16.7. The van der Waals surface area contributed by atoms with E-state index in [1.165, 1.54) is 12.1 Å². The van der Waals surface area contributed by atoms with Crippen LogP contribution in [0.5, 0.6) is 0 Å². The highest BCUT2D eigenvalue weighted by Gasteiger charge is 2.21. The first-order valence-corrected chi connectivity index (χ1v) is 10.3. The fourth-order valence-corrected chi connectivity index (χ4v) is 3.59. The highest BCUT2D eigenvalue weighted by Crippen LogP contribution is 2.29. The molecule has 0 bridgehead atoms. The van der Waals surface area contributed by atoms with Crippen LogP contribution in [0.3, 0.4) is 0 Å². The Labute approximate surface area is 181 Å². The number of nitrogens with zero attached hydrogens (tertiary/aromatic N) is 4. The molecule has 4 aromatic rings. The van der Waals surface area contributed by atoms with Gasteiger partial charge in [-0.25, -0.2) is 8.91 Å². The Morgan fingerprint density at radius 3 is 2.53 bits per heavy atom. The quantitative estimate of drug-likeness (QED) is 0.451. The van der Waals surface area contributed by atoms with Crippen molar-refractivity contribution in [3.05, 3.63) is 75.4 Å². The van der Waals surface area contributed by atoms with Crippen LogP contribution in [-0.4, -0.2) is 25.7 Å². The standard InChI is InChI=1S/C22H19BrFN5O/c1-4-17-19(14-6-8-15(23)9-7-14)21-27-26-20(13(3)29(21)28-17)22(30)25-18-10-5-12(2)11-16(18)24/h5-11H,4H2,1-3H3,(H,25,30). The molecule has 0 fully saturated rings. The van der Waals surface area contributed by atoms with E-state index in [-0.39, 0.29) is 11.4 Å². The van der Waals surface area contributed by atoms with Gasteiger partial charge in [0.05, 0.1) is 22.6 Å². The number of benzene rings is 2. The summed E-state index contributed by atoms with van der Waals surface area (Å²) in [6.45, 7) is 5.55. The minimum Gasteiger partial charge on any atom is -0.318 e. The number of aromatic nitrogens is 4. The molecule has 6 nitrogen and oxygen atoms in total. The maximum absolute atomic E-state index is 14.1. The van der Waals surface area contributed by atoms with Crippen molar-refractivity contribution in [1.29, 1.82) is 0 Å². The molecule has 4 rings (SSSR count). The molecule has 0 unspecified atom stereocenters. The van der Waals surface area contributed by atoms with Gasteiger partial charge >= 0.3 is 0 Å². The Morgan fingerprint density at radius 1 is 1.13 bits per heavy atom. The smallest absolute Gasteiger partial charge is 0.278 e. The van der Waals surface area contributed by atoms with Gasteiger partial charge in [-0.3, -0.25) is 4.79 Å². The number of nitrogens with one attached hydrogen (secondary N) is 1. The molecule has 0 radical (unpaired) electrons. The second-order valence-electron chi connectivity index (χ2n) is 6.99. The van der Waals surface area contributed by atoms with Gasteiger partial charge < -0.3 is 5.32 Å². The predicted octanol–water partition coefficient (Wildman–Crippen LogP) is 5.12. The van der Waals surface area contributed by atoms with E-state index in [1.807, 2.05) is 31.2 Å². The minimum atomic E-state index is -0.539. The van der Waals surface area contributed by atoms with Gasteiger partial charge in [-0.15, -0.1) is 10.2 Å². The van der Waals surface area contributed by atoms with Crippen molar-refractivity contribution in [3.63, 3.8) is 0 Å². The summed E-state index contributed by atoms with van der Waals surface area (Å²) in [5.41, 5.74) is 4.78. The first-order valence-electron chi connectivity index (χ1n) is 9.47. The van der Waals surface area contributed by atoms with Crippen LogP contribution in [0.2, 0.25) is 0 Å². The fourth-order valence-electron chi connectivity index (χ4n) is 3.32. The Morgan fingerprint density at radius 2 is 1.87 bits per heavy atom. The zero-order chi connectivity index (χ0) is 21.4. The molecule has 0 aliphatic heterocycles. The normalized spacial score (nSPS) is 11.1. The molecule has 0 aliphatic rings. The topological polar surface area (TPSA) is 72.2 Å². The lowest BCUT2D eigenvalue weighted by Crippen LogP contribution is -2.19. The number of hydrogen-bond acceptors (Lipinski definition) is 4. The summed E-state index contributed by atoms with van der Waals surface area (Å²) in [4.78, 5) is 12.8. The number of fused-ring (bicyclic) bond motifs is 1. The zero-order valence-corrected chi connectivity index (χ0v) is 18.3. The molecule has 1 amide bonds. The molecule has 0 aliphatic carbocycles. The van der Waals surface area contributed by atoms with E-state index in [0.717, 1.165) is 26.9 Å². The maximum atomic E-state index is 14.1. The van der Waals surface area contributed by atoms with Gasteiger partial charge in [-0.1, -0.05) is 41.1 Å². The average molecular weight is 468 g/mol. The Balaban J connectivity index is 1.77. The minimum absolute atomic E-state index is 0.0926. The van der Waals surface area contributed by atoms with Crippen molar-refractivity contribution in [3.8, 4) is 11.1 Å². The molecule has 8 heteroatoms. The van der Waals surface area contributed by atoms with Crippen LogP contribution < -0.4 is 5.32 Å². The molecule has 152 valence electrons. The second-order valence-corrected chi connectivity index (χ2v) is 7.90. The molecule has 0 saturated heterocycles. The fraction of sp³-hybridized carbons (Fsp3) is 0.182. The van der Waals surface area contributed by atoms with Crippen LogP contribution in [0.25, 0.3) is 16.8 Å². The van der Waals surface area contributed by atoms with Gasteiger partial charge in [0.25, 0.3) is 5.91 Å². The SMILES string of the molecule is CCc1nn2c(C)c(C(=O)Nc3ccc(C)cc3F)nnc2c1-c1ccc(Br)cc1. The molecule has 1 N–H and O–H groups in total. The van der Waals surface area contributed by atoms with Crippen LogP contribution in [0.15, 0.2) is 46.9 Å². The predicted molar refractivity (Wildman–Crippen MR) is 117 cm³/mol. The zero-order valence-electron chi connectivity index (χ0n) is 16.7. The number of halogens is 2. The summed E-state index contributed by atoms with van der Waals surface area (Å²) in [6, 6.07) is 12.5. The lowest BCUT2D eigenvalue weighted by molar-refractivity contribution is 0.101. The van der Waals surface area contributed by atoms with E-state index in [4.69, 9.17) is 0 Å². The molecule has 2 heterocycles. The number of rotatable bonds is 4. The number of aryl methyl sites for hydroxylation is 3. The maximum Gasteiger partial charge on any atom is 0.278 e. The molecular weight excluding hydrogens is 449 g/mol. The molecule has 0 atom stereocenters. The lowest BCUT2D eigenvalue weighted by atomic mass is 10.0. The molecule has 0 saturated carbocycles. The number of hydrogen-bond donors (Lipinski definition) is 1. The number of carbonyl (C=O) groups is 1. The van der Waals surface area contributed by atoms with Crippen molar-refractivity contribution >= 4 is 33.2 Å². The summed E-state index contributed by atoms with van der Waals surface area (Å²) in [7, 11) is 0. The van der Waals surface area contributed by atoms with E-state index < -0.39 is 11.7 Å². The van der Waals surface area contributed by atoms with Crippen LogP contribution in [0.4, 0.5) is 10.1 Å². The van der Waals surface area contributed by atoms with Gasteiger partial charge in [0.2, 0.25) is 0 Å². The number of anilines is 1. The third kappa shape index (κ3) is 3.59. The van der Waals surface area contributed by atoms with E-state index in [9.17, 15) is 9.18 Å². The van der Waals surface area contributed by atoms with Crippen LogP contribution >= 0.6 is 15.9 Å². The van der Waals surface area contributed by atoms with Gasteiger partial charge in [0.15, 0.2) is 11.3 Å². The van der Waals surface area contributed by atoms with Crippen molar-refractivity contribution < 1.29 is 9.18 Å². The first kappa shape index (κ1) is 20.2. The Hall–Kier alpha value is -3.13. The van der Waals surface area contributed by atoms with Crippen molar-refractivity contribution in [2.24, 2.45) is 0 Å². The van der Waals surface area contributed by atoms with E-state index in [1.54, 1.807) is 24.4 Å². The molecule has 2 aromatic heterocycles. The van der Waals surface area contributed by atoms with Gasteiger partial charge in [0, 0.05) is 4.47 Å². The van der Waals surface area contributed by atoms with Crippen LogP contribution in [0.1, 0.15) is 34.4 Å². The summed E-state index contributed by atoms with van der Waals surface area (Å²) in [5, 5.41) is 15.7. The molecule has 2 aromatic carbocycles. The molecule has 0 spiro atoms. The Bertz CT molecular complexity index is 1270. The monoisotopic (exact) mass is 467 g/mol. The van der Waals surface area contributed by atoms with Gasteiger partial charge in [-0.05, 0) is 55.7 Å². The summed E-state index contributed by atoms with van der Waals surface area (Å²) >= 11 is 3.45. The third-order valence-corrected chi connectivity index (χ3v) is 5.42. The highest BCUT2D eigenvalue weighted by molar-refractivity contribution is 9.10. The highest BCUT2D eigenvalue weighted by atomic mass is 79.9. The second kappa shape index (κ2) is 7.95. The first-order chi connectivity index (χ1) is 14.4. The third-order valence-electron chi connectivity index (χ3n) is 4.89. The van der Waals surface area contributed by atoms with E-state index in [2.05, 4.69) is 36.5 Å². The summed E-state index contributed by atoms with van der Waals surface area (Å²) in [6.07, 6.45) is 0.699. The summed E-state index contributed by atoms with van der Waals surface area (Å²) in [5.74, 6) is -1.04. The van der Waals surface area contributed by atoms with Gasteiger partial charge in [-0.2, -0.15) is 5.10 Å². The van der Waals surface area contributed by atoms with Gasteiger partial charge in [0.1, 0.15) is 5.82 Å². The lowest BCUT2D eigenvalue weighted by Gasteiger charge is -2.09. The van der Waals surface area contributed by atoms with Crippen molar-refractivity contribution in [2.45, 2.75) is 27.2 Å². The van der Waals surface area contributed by atoms with Crippen LogP contribution in [0, 0.1) is 19.7 Å². The van der Waals surface area contributed by atoms with E-state index >= 15 is 0 Å². The average Bonchev–Trinajstić information content (AvgIpc) is 3.10. The molecular formula is C22H19BrFN5O. The molecule has 30 heavy (non-hydrogen) atoms. The largest absolute Gasteiger partial charge is 0.318 e. The Kier molecular flexibility index (Phi) is 5.34. The van der Waals surface area contributed by atoms with Crippen molar-refractivity contribution in [1.82, 2.24) is 19.8 Å².